The van der Waals surface area contributed by atoms with Gasteiger partial charge in [-0.05, 0) is 36.3 Å². The van der Waals surface area contributed by atoms with Crippen LogP contribution < -0.4 is 5.32 Å². The van der Waals surface area contributed by atoms with Crippen molar-refractivity contribution in [2.24, 2.45) is 0 Å². The monoisotopic (exact) mass is 287 g/mol. The molecule has 82 valence electrons. The number of amides is 1. The molecule has 0 aliphatic heterocycles. The van der Waals surface area contributed by atoms with Crippen LogP contribution in [0.5, 0.6) is 0 Å². The maximum atomic E-state index is 12.0. The molecule has 0 spiro atoms. The van der Waals surface area contributed by atoms with Gasteiger partial charge >= 0.3 is 0 Å². The van der Waals surface area contributed by atoms with E-state index in [0.29, 0.717) is 0 Å². The van der Waals surface area contributed by atoms with Crippen molar-refractivity contribution in [2.75, 3.05) is 5.33 Å². The molecule has 0 bridgehead atoms. The number of hydrogen-bond acceptors (Lipinski definition) is 2. The highest BCUT2D eigenvalue weighted by Gasteiger charge is 2.43. The predicted molar refractivity (Wildman–Crippen MR) is 66.9 cm³/mol. The standard InChI is InChI=1S/C11H14BrNOS/c1-2-8-3-6-15-9(8)10(14)13-11(7-12)4-5-11/h3,6H,2,4-5,7H2,1H3,(H,13,14). The van der Waals surface area contributed by atoms with Gasteiger partial charge in [-0.3, -0.25) is 4.79 Å². The number of hydrogen-bond donors (Lipinski definition) is 1. The van der Waals surface area contributed by atoms with Crippen LogP contribution in [-0.4, -0.2) is 16.8 Å². The summed E-state index contributed by atoms with van der Waals surface area (Å²) in [4.78, 5) is 12.9. The van der Waals surface area contributed by atoms with Crippen molar-refractivity contribution in [3.8, 4) is 0 Å². The first-order valence-electron chi connectivity index (χ1n) is 5.15. The molecule has 0 radical (unpaired) electrons. The topological polar surface area (TPSA) is 29.1 Å². The summed E-state index contributed by atoms with van der Waals surface area (Å²) in [6.07, 6.45) is 3.11. The Morgan fingerprint density at radius 3 is 2.93 bits per heavy atom. The summed E-state index contributed by atoms with van der Waals surface area (Å²) in [5.74, 6) is 0.0961. The van der Waals surface area contributed by atoms with Crippen molar-refractivity contribution in [2.45, 2.75) is 31.7 Å². The highest BCUT2D eigenvalue weighted by molar-refractivity contribution is 9.09. The van der Waals surface area contributed by atoms with E-state index in [1.807, 2.05) is 11.4 Å². The van der Waals surface area contributed by atoms with Gasteiger partial charge in [0.05, 0.1) is 10.4 Å². The van der Waals surface area contributed by atoms with E-state index in [9.17, 15) is 4.79 Å². The fourth-order valence-electron chi connectivity index (χ4n) is 1.55. The van der Waals surface area contributed by atoms with Crippen molar-refractivity contribution in [1.82, 2.24) is 5.32 Å². The van der Waals surface area contributed by atoms with Crippen LogP contribution in [0.2, 0.25) is 0 Å². The first-order valence-corrected chi connectivity index (χ1v) is 7.16. The molecule has 1 fully saturated rings. The number of carbonyl (C=O) groups is 1. The lowest BCUT2D eigenvalue weighted by atomic mass is 10.2. The molecule has 0 unspecified atom stereocenters. The van der Waals surface area contributed by atoms with E-state index in [4.69, 9.17) is 0 Å². The minimum Gasteiger partial charge on any atom is -0.345 e. The van der Waals surface area contributed by atoms with E-state index in [1.165, 1.54) is 11.3 Å². The van der Waals surface area contributed by atoms with Gasteiger partial charge in [0.25, 0.3) is 5.91 Å². The molecule has 15 heavy (non-hydrogen) atoms. The Morgan fingerprint density at radius 1 is 1.67 bits per heavy atom. The second-order valence-electron chi connectivity index (χ2n) is 4.00. The van der Waals surface area contributed by atoms with Gasteiger partial charge in [-0.2, -0.15) is 0 Å². The number of carbonyl (C=O) groups excluding carboxylic acids is 1. The Morgan fingerprint density at radius 2 is 2.40 bits per heavy atom. The second-order valence-corrected chi connectivity index (χ2v) is 5.47. The molecular formula is C11H14BrNOS. The molecule has 1 amide bonds. The zero-order valence-corrected chi connectivity index (χ0v) is 11.1. The lowest BCUT2D eigenvalue weighted by Gasteiger charge is -2.13. The molecule has 1 aliphatic carbocycles. The molecule has 2 rings (SSSR count). The molecule has 4 heteroatoms. The molecule has 1 saturated carbocycles. The smallest absolute Gasteiger partial charge is 0.262 e. The second kappa shape index (κ2) is 4.26. The third-order valence-corrected chi connectivity index (χ3v) is 4.85. The molecule has 0 aromatic carbocycles. The predicted octanol–water partition coefficient (Wildman–Crippen LogP) is 2.97. The molecule has 2 nitrogen and oxygen atoms in total. The first kappa shape index (κ1) is 11.1. The third kappa shape index (κ3) is 2.26. The zero-order valence-electron chi connectivity index (χ0n) is 8.68. The summed E-state index contributed by atoms with van der Waals surface area (Å²) >= 11 is 4.98. The van der Waals surface area contributed by atoms with Gasteiger partial charge in [0.15, 0.2) is 0 Å². The minimum atomic E-state index is 0.0477. The summed E-state index contributed by atoms with van der Waals surface area (Å²) < 4.78 is 0. The summed E-state index contributed by atoms with van der Waals surface area (Å²) in [7, 11) is 0. The number of thiophene rings is 1. The van der Waals surface area contributed by atoms with Crippen molar-refractivity contribution >= 4 is 33.2 Å². The molecular weight excluding hydrogens is 274 g/mol. The lowest BCUT2D eigenvalue weighted by molar-refractivity contribution is 0.0940. The number of aryl methyl sites for hydroxylation is 1. The Hall–Kier alpha value is -0.350. The maximum absolute atomic E-state index is 12.0. The van der Waals surface area contributed by atoms with Gasteiger partial charge in [-0.15, -0.1) is 11.3 Å². The minimum absolute atomic E-state index is 0.0477. The van der Waals surface area contributed by atoms with Crippen LogP contribution in [-0.2, 0) is 6.42 Å². The van der Waals surface area contributed by atoms with E-state index in [2.05, 4.69) is 28.2 Å². The quantitative estimate of drug-likeness (QED) is 0.848. The van der Waals surface area contributed by atoms with Crippen LogP contribution in [0.1, 0.15) is 35.0 Å². The van der Waals surface area contributed by atoms with Crippen LogP contribution in [0.3, 0.4) is 0 Å². The van der Waals surface area contributed by atoms with Gasteiger partial charge in [0.1, 0.15) is 0 Å². The van der Waals surface area contributed by atoms with Crippen LogP contribution in [0.25, 0.3) is 0 Å². The molecule has 0 saturated heterocycles. The Labute approximate surface area is 102 Å². The van der Waals surface area contributed by atoms with Gasteiger partial charge < -0.3 is 5.32 Å². The van der Waals surface area contributed by atoms with Crippen LogP contribution in [0.4, 0.5) is 0 Å². The fraction of sp³-hybridized carbons (Fsp3) is 0.545. The summed E-state index contributed by atoms with van der Waals surface area (Å²) in [6, 6.07) is 2.04. The number of rotatable bonds is 4. The van der Waals surface area contributed by atoms with E-state index in [0.717, 1.165) is 35.0 Å². The van der Waals surface area contributed by atoms with Gasteiger partial charge in [-0.25, -0.2) is 0 Å². The highest BCUT2D eigenvalue weighted by atomic mass is 79.9. The van der Waals surface area contributed by atoms with Gasteiger partial charge in [0.2, 0.25) is 0 Å². The van der Waals surface area contributed by atoms with E-state index < -0.39 is 0 Å². The number of halogens is 1. The SMILES string of the molecule is CCc1ccsc1C(=O)NC1(CBr)CC1. The molecule has 1 aromatic heterocycles. The van der Waals surface area contributed by atoms with Crippen LogP contribution in [0, 0.1) is 0 Å². The summed E-state index contributed by atoms with van der Waals surface area (Å²) in [6.45, 7) is 2.08. The molecule has 1 N–H and O–H groups in total. The number of alkyl halides is 1. The maximum Gasteiger partial charge on any atom is 0.262 e. The van der Waals surface area contributed by atoms with Crippen molar-refractivity contribution in [3.63, 3.8) is 0 Å². The van der Waals surface area contributed by atoms with Crippen LogP contribution in [0.15, 0.2) is 11.4 Å². The van der Waals surface area contributed by atoms with E-state index in [-0.39, 0.29) is 11.4 Å². The average molecular weight is 288 g/mol. The third-order valence-electron chi connectivity index (χ3n) is 2.82. The normalized spacial score (nSPS) is 17.5. The molecule has 1 heterocycles. The Bertz CT molecular complexity index is 370. The molecule has 1 aliphatic rings. The number of nitrogens with one attached hydrogen (secondary N) is 1. The summed E-state index contributed by atoms with van der Waals surface area (Å²) in [5.41, 5.74) is 1.20. The highest BCUT2D eigenvalue weighted by Crippen LogP contribution is 2.37. The van der Waals surface area contributed by atoms with Crippen molar-refractivity contribution in [3.05, 3.63) is 21.9 Å². The van der Waals surface area contributed by atoms with Crippen molar-refractivity contribution < 1.29 is 4.79 Å². The fourth-order valence-corrected chi connectivity index (χ4v) is 3.14. The van der Waals surface area contributed by atoms with E-state index in [1.54, 1.807) is 0 Å². The van der Waals surface area contributed by atoms with E-state index >= 15 is 0 Å². The lowest BCUT2D eigenvalue weighted by Crippen LogP contribution is -2.38. The molecule has 0 atom stereocenters. The van der Waals surface area contributed by atoms with Crippen molar-refractivity contribution in [1.29, 1.82) is 0 Å². The summed E-state index contributed by atoms with van der Waals surface area (Å²) in [5, 5.41) is 5.97. The largest absolute Gasteiger partial charge is 0.345 e. The Balaban J connectivity index is 2.08. The Kier molecular flexibility index (Phi) is 3.16. The average Bonchev–Trinajstić information content (AvgIpc) is 2.85. The van der Waals surface area contributed by atoms with Crippen LogP contribution >= 0.6 is 27.3 Å². The first-order chi connectivity index (χ1) is 7.21. The zero-order chi connectivity index (χ0) is 10.9. The van der Waals surface area contributed by atoms with Gasteiger partial charge in [-0.1, -0.05) is 22.9 Å². The van der Waals surface area contributed by atoms with Gasteiger partial charge in [0, 0.05) is 5.33 Å². The molecule has 1 aromatic rings.